The summed E-state index contributed by atoms with van der Waals surface area (Å²) in [6.45, 7) is 1.99. The molecule has 2 fully saturated rings. The third-order valence-electron chi connectivity index (χ3n) is 3.23. The zero-order chi connectivity index (χ0) is 11.7. The quantitative estimate of drug-likeness (QED) is 0.635. The van der Waals surface area contributed by atoms with E-state index in [1.807, 2.05) is 0 Å². The van der Waals surface area contributed by atoms with Gasteiger partial charge in [-0.25, -0.2) is 4.79 Å². The topological polar surface area (TPSA) is 86.9 Å². The van der Waals surface area contributed by atoms with Crippen LogP contribution in [0.1, 0.15) is 12.8 Å². The molecule has 0 aliphatic carbocycles. The molecule has 3 N–H and O–H groups in total. The number of piperidine rings is 1. The molecule has 0 aromatic rings. The zero-order valence-corrected chi connectivity index (χ0v) is 9.13. The zero-order valence-electron chi connectivity index (χ0n) is 9.13. The lowest BCUT2D eigenvalue weighted by Gasteiger charge is -2.41. The summed E-state index contributed by atoms with van der Waals surface area (Å²) in [5.41, 5.74) is 5.79. The van der Waals surface area contributed by atoms with E-state index in [2.05, 4.69) is 0 Å². The molecule has 16 heavy (non-hydrogen) atoms. The normalized spacial score (nSPS) is 26.4. The second-order valence-electron chi connectivity index (χ2n) is 4.57. The highest BCUT2D eigenvalue weighted by molar-refractivity contribution is 5.80. The van der Waals surface area contributed by atoms with E-state index >= 15 is 0 Å². The molecule has 0 aromatic heterocycles. The van der Waals surface area contributed by atoms with Gasteiger partial charge in [0.2, 0.25) is 0 Å². The summed E-state index contributed by atoms with van der Waals surface area (Å²) in [5.74, 6) is -1.21. The molecule has 0 radical (unpaired) electrons. The molecule has 2 heterocycles. The van der Waals surface area contributed by atoms with Crippen molar-refractivity contribution in [2.24, 2.45) is 11.7 Å². The Kier molecular flexibility index (Phi) is 3.00. The van der Waals surface area contributed by atoms with Crippen molar-refractivity contribution >= 4 is 12.0 Å². The Labute approximate surface area is 94.0 Å². The van der Waals surface area contributed by atoms with Crippen LogP contribution in [0.5, 0.6) is 0 Å². The van der Waals surface area contributed by atoms with E-state index in [-0.39, 0.29) is 18.0 Å². The lowest BCUT2D eigenvalue weighted by atomic mass is 10.0. The molecule has 2 rings (SSSR count). The number of amides is 2. The molecule has 1 atom stereocenters. The number of carbonyl (C=O) groups excluding carboxylic acids is 1. The van der Waals surface area contributed by atoms with E-state index in [9.17, 15) is 9.59 Å². The van der Waals surface area contributed by atoms with Crippen molar-refractivity contribution in [3.8, 4) is 0 Å². The first-order valence-corrected chi connectivity index (χ1v) is 5.60. The van der Waals surface area contributed by atoms with Gasteiger partial charge in [0.05, 0.1) is 5.92 Å². The number of aliphatic carboxylic acids is 1. The highest BCUT2D eigenvalue weighted by Crippen LogP contribution is 2.19. The summed E-state index contributed by atoms with van der Waals surface area (Å²) in [6.07, 6.45) is 1.89. The Morgan fingerprint density at radius 3 is 2.44 bits per heavy atom. The molecule has 2 saturated heterocycles. The first-order chi connectivity index (χ1) is 7.58. The summed E-state index contributed by atoms with van der Waals surface area (Å²) in [7, 11) is 0. The van der Waals surface area contributed by atoms with Crippen LogP contribution in [-0.2, 0) is 4.79 Å². The maximum absolute atomic E-state index is 11.9. The van der Waals surface area contributed by atoms with E-state index in [4.69, 9.17) is 10.8 Å². The van der Waals surface area contributed by atoms with Gasteiger partial charge in [0.1, 0.15) is 0 Å². The maximum atomic E-state index is 11.9. The molecule has 0 aromatic carbocycles. The van der Waals surface area contributed by atoms with Gasteiger partial charge >= 0.3 is 12.0 Å². The molecule has 0 bridgehead atoms. The monoisotopic (exact) mass is 227 g/mol. The lowest BCUT2D eigenvalue weighted by molar-refractivity contribution is -0.146. The van der Waals surface area contributed by atoms with Crippen LogP contribution in [0.4, 0.5) is 4.79 Å². The van der Waals surface area contributed by atoms with Gasteiger partial charge in [-0.1, -0.05) is 0 Å². The molecule has 0 saturated carbocycles. The highest BCUT2D eigenvalue weighted by atomic mass is 16.4. The Morgan fingerprint density at radius 1 is 1.19 bits per heavy atom. The minimum Gasteiger partial charge on any atom is -0.481 e. The molecule has 2 aliphatic rings. The molecular formula is C10H17N3O3. The van der Waals surface area contributed by atoms with Gasteiger partial charge < -0.3 is 20.6 Å². The molecule has 1 unspecified atom stereocenters. The maximum Gasteiger partial charge on any atom is 0.320 e. The third-order valence-corrected chi connectivity index (χ3v) is 3.23. The van der Waals surface area contributed by atoms with Crippen LogP contribution in [0.3, 0.4) is 0 Å². The van der Waals surface area contributed by atoms with Crippen LogP contribution < -0.4 is 5.73 Å². The van der Waals surface area contributed by atoms with Gasteiger partial charge in [-0.05, 0) is 12.8 Å². The van der Waals surface area contributed by atoms with Gasteiger partial charge in [0.25, 0.3) is 0 Å². The van der Waals surface area contributed by atoms with E-state index in [1.165, 1.54) is 0 Å². The highest BCUT2D eigenvalue weighted by Gasteiger charge is 2.38. The summed E-state index contributed by atoms with van der Waals surface area (Å²) in [6, 6.07) is 0.00176. The van der Waals surface area contributed by atoms with Crippen molar-refractivity contribution in [2.75, 3.05) is 26.2 Å². The number of carbonyl (C=O) groups is 2. The molecule has 6 heteroatoms. The van der Waals surface area contributed by atoms with Crippen LogP contribution in [-0.4, -0.2) is 59.1 Å². The average Bonchev–Trinajstić information content (AvgIpc) is 2.14. The van der Waals surface area contributed by atoms with Crippen molar-refractivity contribution in [2.45, 2.75) is 18.9 Å². The largest absolute Gasteiger partial charge is 0.481 e. The number of rotatable bonds is 1. The molecule has 6 nitrogen and oxygen atoms in total. The number of nitrogens with zero attached hydrogens (tertiary/aromatic N) is 2. The molecule has 90 valence electrons. The minimum atomic E-state index is -0.820. The number of carboxylic acids is 1. The Morgan fingerprint density at radius 2 is 1.88 bits per heavy atom. The summed E-state index contributed by atoms with van der Waals surface area (Å²) in [4.78, 5) is 25.8. The predicted molar refractivity (Wildman–Crippen MR) is 56.9 cm³/mol. The molecule has 2 amide bonds. The van der Waals surface area contributed by atoms with Crippen molar-refractivity contribution in [3.63, 3.8) is 0 Å². The fraction of sp³-hybridized carbons (Fsp3) is 0.800. The minimum absolute atomic E-state index is 0.0624. The lowest BCUT2D eigenvalue weighted by Crippen LogP contribution is -2.59. The van der Waals surface area contributed by atoms with Crippen molar-refractivity contribution in [1.29, 1.82) is 0 Å². The third kappa shape index (κ3) is 2.11. The fourth-order valence-electron chi connectivity index (χ4n) is 2.17. The standard InChI is InChI=1S/C10H17N3O3/c11-8-2-1-3-12(6-8)10(16)13-4-7(5-13)9(14)15/h7-8H,1-6,11H2,(H,14,15). The van der Waals surface area contributed by atoms with Crippen molar-refractivity contribution < 1.29 is 14.7 Å². The van der Waals surface area contributed by atoms with E-state index in [0.717, 1.165) is 19.4 Å². The first kappa shape index (κ1) is 11.2. The molecular weight excluding hydrogens is 210 g/mol. The summed E-state index contributed by atoms with van der Waals surface area (Å²) < 4.78 is 0. The smallest absolute Gasteiger partial charge is 0.320 e. The Bertz CT molecular complexity index is 302. The van der Waals surface area contributed by atoms with Crippen LogP contribution >= 0.6 is 0 Å². The van der Waals surface area contributed by atoms with Gasteiger partial charge in [-0.2, -0.15) is 0 Å². The van der Waals surface area contributed by atoms with Crippen molar-refractivity contribution in [1.82, 2.24) is 9.80 Å². The second kappa shape index (κ2) is 4.29. The predicted octanol–water partition coefficient (Wildman–Crippen LogP) is -0.454. The van der Waals surface area contributed by atoms with E-state index in [0.29, 0.717) is 19.6 Å². The SMILES string of the molecule is NC1CCCN(C(=O)N2CC(C(=O)O)C2)C1. The number of carboxylic acid groups (broad SMARTS) is 1. The second-order valence-corrected chi connectivity index (χ2v) is 4.57. The summed E-state index contributed by atoms with van der Waals surface area (Å²) >= 11 is 0. The van der Waals surface area contributed by atoms with Crippen LogP contribution in [0.25, 0.3) is 0 Å². The van der Waals surface area contributed by atoms with Gasteiger partial charge in [-0.15, -0.1) is 0 Å². The van der Waals surface area contributed by atoms with Crippen LogP contribution in [0.2, 0.25) is 0 Å². The van der Waals surface area contributed by atoms with Gasteiger partial charge in [0.15, 0.2) is 0 Å². The number of nitrogens with two attached hydrogens (primary N) is 1. The first-order valence-electron chi connectivity index (χ1n) is 5.60. The number of hydrogen-bond acceptors (Lipinski definition) is 3. The van der Waals surface area contributed by atoms with E-state index in [1.54, 1.807) is 9.80 Å². The van der Waals surface area contributed by atoms with Gasteiger partial charge in [-0.3, -0.25) is 4.79 Å². The number of likely N-dealkylation sites (tertiary alicyclic amines) is 2. The van der Waals surface area contributed by atoms with E-state index < -0.39 is 5.97 Å². The van der Waals surface area contributed by atoms with Crippen molar-refractivity contribution in [3.05, 3.63) is 0 Å². The van der Waals surface area contributed by atoms with Crippen LogP contribution in [0, 0.1) is 5.92 Å². The van der Waals surface area contributed by atoms with Crippen LogP contribution in [0.15, 0.2) is 0 Å². The Hall–Kier alpha value is -1.30. The van der Waals surface area contributed by atoms with Gasteiger partial charge in [0, 0.05) is 32.2 Å². The fourth-order valence-corrected chi connectivity index (χ4v) is 2.17. The molecule has 2 aliphatic heterocycles. The number of urea groups is 1. The molecule has 0 spiro atoms. The summed E-state index contributed by atoms with van der Waals surface area (Å²) in [5, 5.41) is 8.71. The number of hydrogen-bond donors (Lipinski definition) is 2. The average molecular weight is 227 g/mol. The Balaban J connectivity index is 1.82.